The minimum atomic E-state index is -4.75. The number of pyridine rings is 1. The Kier molecular flexibility index (Phi) is 3.94. The number of rotatable bonds is 5. The molecule has 2 aromatic rings. The summed E-state index contributed by atoms with van der Waals surface area (Å²) in [6, 6.07) is 2.98. The molecule has 0 aliphatic heterocycles. The summed E-state index contributed by atoms with van der Waals surface area (Å²) in [5.74, 6) is 0.508. The molecule has 4 rings (SSSR count). The van der Waals surface area contributed by atoms with Gasteiger partial charge in [-0.3, -0.25) is 9.67 Å². The number of halogens is 3. The fourth-order valence-electron chi connectivity index (χ4n) is 3.34. The van der Waals surface area contributed by atoms with E-state index in [1.165, 1.54) is 18.3 Å². The lowest BCUT2D eigenvalue weighted by Gasteiger charge is -2.34. The Morgan fingerprint density at radius 3 is 2.68 bits per heavy atom. The Hall–Kier alpha value is -2.09. The summed E-state index contributed by atoms with van der Waals surface area (Å²) in [7, 11) is 0. The molecule has 0 bridgehead atoms. The molecule has 0 radical (unpaired) electrons. The Morgan fingerprint density at radius 1 is 1.28 bits per heavy atom. The Balaban J connectivity index is 1.69. The predicted molar refractivity (Wildman–Crippen MR) is 84.9 cm³/mol. The molecule has 0 unspecified atom stereocenters. The van der Waals surface area contributed by atoms with Gasteiger partial charge in [0.15, 0.2) is 5.75 Å². The van der Waals surface area contributed by atoms with Gasteiger partial charge in [0.2, 0.25) is 0 Å². The summed E-state index contributed by atoms with van der Waals surface area (Å²) in [5, 5.41) is 4.68. The van der Waals surface area contributed by atoms with Crippen molar-refractivity contribution in [2.75, 3.05) is 6.54 Å². The van der Waals surface area contributed by atoms with Gasteiger partial charge in [0, 0.05) is 23.9 Å². The first-order valence-electron chi connectivity index (χ1n) is 8.45. The van der Waals surface area contributed by atoms with Crippen molar-refractivity contribution in [3.8, 4) is 17.0 Å². The van der Waals surface area contributed by atoms with E-state index in [1.807, 2.05) is 10.9 Å². The monoisotopic (exact) mass is 352 g/mol. The van der Waals surface area contributed by atoms with Crippen LogP contribution in [0.1, 0.15) is 43.3 Å². The van der Waals surface area contributed by atoms with Gasteiger partial charge in [0.05, 0.1) is 11.7 Å². The Labute approximate surface area is 143 Å². The molecule has 2 aliphatic rings. The van der Waals surface area contributed by atoms with E-state index in [0.29, 0.717) is 23.9 Å². The highest BCUT2D eigenvalue weighted by Crippen LogP contribution is 2.47. The topological polar surface area (TPSA) is 66.0 Å². The van der Waals surface area contributed by atoms with Crippen molar-refractivity contribution in [1.82, 2.24) is 14.8 Å². The third-order valence-corrected chi connectivity index (χ3v) is 4.89. The molecule has 25 heavy (non-hydrogen) atoms. The number of aromatic nitrogens is 3. The highest BCUT2D eigenvalue weighted by Gasteiger charge is 2.37. The minimum absolute atomic E-state index is 0.197. The molecule has 0 amide bonds. The summed E-state index contributed by atoms with van der Waals surface area (Å²) in [6.07, 6.45) is 2.45. The number of nitrogens with zero attached hydrogens (tertiary/aromatic N) is 3. The standard InChI is InChI=1S/C17H19F3N4O/c18-17(19,20)25-14-2-1-5-22-16(14)13-9-24(12-6-10(7-12)8-21)23-15(13)11-3-4-11/h1-2,5,9-12H,3-4,6-8,21H2. The van der Waals surface area contributed by atoms with Crippen molar-refractivity contribution in [3.05, 3.63) is 30.2 Å². The Morgan fingerprint density at radius 2 is 2.04 bits per heavy atom. The summed E-state index contributed by atoms with van der Waals surface area (Å²) in [4.78, 5) is 4.15. The van der Waals surface area contributed by atoms with Crippen molar-refractivity contribution >= 4 is 0 Å². The number of hydrogen-bond donors (Lipinski definition) is 1. The number of ether oxygens (including phenoxy) is 1. The zero-order chi connectivity index (χ0) is 17.6. The molecule has 2 aliphatic carbocycles. The lowest BCUT2D eigenvalue weighted by Crippen LogP contribution is -2.32. The zero-order valence-corrected chi connectivity index (χ0v) is 13.5. The van der Waals surface area contributed by atoms with Gasteiger partial charge in [-0.1, -0.05) is 0 Å². The molecule has 2 saturated carbocycles. The summed E-state index contributed by atoms with van der Waals surface area (Å²) in [5.41, 5.74) is 7.33. The average molecular weight is 352 g/mol. The highest BCUT2D eigenvalue weighted by molar-refractivity contribution is 5.69. The minimum Gasteiger partial charge on any atom is -0.403 e. The maximum Gasteiger partial charge on any atom is 0.573 e. The molecule has 134 valence electrons. The van der Waals surface area contributed by atoms with E-state index in [4.69, 9.17) is 5.73 Å². The molecule has 8 heteroatoms. The van der Waals surface area contributed by atoms with Gasteiger partial charge >= 0.3 is 6.36 Å². The van der Waals surface area contributed by atoms with Crippen molar-refractivity contribution in [1.29, 1.82) is 0 Å². The van der Waals surface area contributed by atoms with E-state index in [0.717, 1.165) is 31.4 Å². The van der Waals surface area contributed by atoms with Gasteiger partial charge in [-0.25, -0.2) is 0 Å². The second-order valence-corrected chi connectivity index (χ2v) is 6.81. The van der Waals surface area contributed by atoms with Crippen LogP contribution in [0, 0.1) is 5.92 Å². The molecule has 0 atom stereocenters. The van der Waals surface area contributed by atoms with Gasteiger partial charge in [-0.2, -0.15) is 5.10 Å². The van der Waals surface area contributed by atoms with Crippen LogP contribution in [-0.4, -0.2) is 27.7 Å². The van der Waals surface area contributed by atoms with E-state index in [-0.39, 0.29) is 17.5 Å². The molecule has 0 aromatic carbocycles. The predicted octanol–water partition coefficient (Wildman–Crippen LogP) is 3.63. The van der Waals surface area contributed by atoms with Crippen molar-refractivity contribution < 1.29 is 17.9 Å². The number of alkyl halides is 3. The SMILES string of the molecule is NCC1CC(n2cc(-c3ncccc3OC(F)(F)F)c(C3CC3)n2)C1. The molecule has 2 heterocycles. The molecular weight excluding hydrogens is 333 g/mol. The van der Waals surface area contributed by atoms with Crippen LogP contribution < -0.4 is 10.5 Å². The van der Waals surface area contributed by atoms with Gasteiger partial charge in [-0.05, 0) is 50.3 Å². The molecule has 0 spiro atoms. The largest absolute Gasteiger partial charge is 0.573 e. The van der Waals surface area contributed by atoms with E-state index in [2.05, 4.69) is 14.8 Å². The van der Waals surface area contributed by atoms with Crippen molar-refractivity contribution in [2.24, 2.45) is 11.7 Å². The van der Waals surface area contributed by atoms with E-state index in [9.17, 15) is 13.2 Å². The second-order valence-electron chi connectivity index (χ2n) is 6.81. The van der Waals surface area contributed by atoms with E-state index in [1.54, 1.807) is 0 Å². The first-order valence-corrected chi connectivity index (χ1v) is 8.45. The van der Waals surface area contributed by atoms with Crippen LogP contribution in [0.5, 0.6) is 5.75 Å². The molecule has 2 aromatic heterocycles. The van der Waals surface area contributed by atoms with Gasteiger partial charge in [-0.15, -0.1) is 13.2 Å². The lowest BCUT2D eigenvalue weighted by atomic mass is 9.80. The van der Waals surface area contributed by atoms with Gasteiger partial charge in [0.1, 0.15) is 5.69 Å². The average Bonchev–Trinajstić information content (AvgIpc) is 3.26. The van der Waals surface area contributed by atoms with E-state index >= 15 is 0 Å². The first kappa shape index (κ1) is 16.4. The smallest absolute Gasteiger partial charge is 0.403 e. The molecule has 2 N–H and O–H groups in total. The normalized spacial score (nSPS) is 23.4. The molecule has 0 saturated heterocycles. The van der Waals surface area contributed by atoms with Crippen LogP contribution in [0.2, 0.25) is 0 Å². The molecule has 2 fully saturated rings. The van der Waals surface area contributed by atoms with Crippen LogP contribution in [0.4, 0.5) is 13.2 Å². The fourth-order valence-corrected chi connectivity index (χ4v) is 3.34. The highest BCUT2D eigenvalue weighted by atomic mass is 19.4. The van der Waals surface area contributed by atoms with Crippen LogP contribution in [0.25, 0.3) is 11.3 Å². The second kappa shape index (κ2) is 6.01. The fraction of sp³-hybridized carbons (Fsp3) is 0.529. The number of nitrogens with two attached hydrogens (primary N) is 1. The third-order valence-electron chi connectivity index (χ3n) is 4.89. The summed E-state index contributed by atoms with van der Waals surface area (Å²) in [6.45, 7) is 0.657. The zero-order valence-electron chi connectivity index (χ0n) is 13.5. The molecular formula is C17H19F3N4O. The quantitative estimate of drug-likeness (QED) is 0.892. The first-order chi connectivity index (χ1) is 11.9. The number of hydrogen-bond acceptors (Lipinski definition) is 4. The summed E-state index contributed by atoms with van der Waals surface area (Å²) >= 11 is 0. The van der Waals surface area contributed by atoms with Gasteiger partial charge in [0.25, 0.3) is 0 Å². The third kappa shape index (κ3) is 3.35. The summed E-state index contributed by atoms with van der Waals surface area (Å²) < 4.78 is 44.2. The van der Waals surface area contributed by atoms with Crippen LogP contribution in [0.15, 0.2) is 24.5 Å². The Bertz CT molecular complexity index is 763. The lowest BCUT2D eigenvalue weighted by molar-refractivity contribution is -0.274. The van der Waals surface area contributed by atoms with Crippen LogP contribution in [-0.2, 0) is 0 Å². The van der Waals surface area contributed by atoms with E-state index < -0.39 is 6.36 Å². The maximum absolute atomic E-state index is 12.7. The van der Waals surface area contributed by atoms with Crippen LogP contribution in [0.3, 0.4) is 0 Å². The maximum atomic E-state index is 12.7. The van der Waals surface area contributed by atoms with Crippen LogP contribution >= 0.6 is 0 Å². The van der Waals surface area contributed by atoms with Crippen molar-refractivity contribution in [2.45, 2.75) is 44.0 Å². The van der Waals surface area contributed by atoms with Crippen molar-refractivity contribution in [3.63, 3.8) is 0 Å². The molecule has 5 nitrogen and oxygen atoms in total. The van der Waals surface area contributed by atoms with Gasteiger partial charge < -0.3 is 10.5 Å².